The minimum Gasteiger partial charge on any atom is -0.487 e. The highest BCUT2D eigenvalue weighted by molar-refractivity contribution is 5.70. The number of aryl methyl sites for hydroxylation is 1. The molecule has 0 saturated carbocycles. The summed E-state index contributed by atoms with van der Waals surface area (Å²) in [6.45, 7) is 2.66. The first-order valence-electron chi connectivity index (χ1n) is 10.1. The standard InChI is InChI=1S/C21H30O10/c1-21(2,27)14-8-11-12(29-14)6-4-10(5-7-15(23)28-3)19(11)31-20-18(26)17(25)16(24)13(9-22)30-20/h4,6,13-14,16-18,20,22,24-27H,5,7-9H2,1-3H3. The molecule has 1 aromatic rings. The minimum absolute atomic E-state index is 0.0795. The van der Waals surface area contributed by atoms with Crippen molar-refractivity contribution in [2.45, 2.75) is 75.5 Å². The molecule has 1 saturated heterocycles. The van der Waals surface area contributed by atoms with Crippen LogP contribution in [0.4, 0.5) is 0 Å². The van der Waals surface area contributed by atoms with Crippen LogP contribution in [0.25, 0.3) is 0 Å². The second-order valence-electron chi connectivity index (χ2n) is 8.39. The van der Waals surface area contributed by atoms with E-state index in [0.29, 0.717) is 23.3 Å². The van der Waals surface area contributed by atoms with Gasteiger partial charge in [0.1, 0.15) is 42.0 Å². The lowest BCUT2D eigenvalue weighted by Gasteiger charge is -2.40. The second kappa shape index (κ2) is 9.27. The molecule has 31 heavy (non-hydrogen) atoms. The molecule has 5 N–H and O–H groups in total. The number of hydrogen-bond donors (Lipinski definition) is 5. The van der Waals surface area contributed by atoms with Crippen LogP contribution in [0.2, 0.25) is 0 Å². The van der Waals surface area contributed by atoms with E-state index in [2.05, 4.69) is 0 Å². The van der Waals surface area contributed by atoms with E-state index in [1.54, 1.807) is 26.0 Å². The molecule has 174 valence electrons. The van der Waals surface area contributed by atoms with E-state index in [1.165, 1.54) is 7.11 Å². The van der Waals surface area contributed by atoms with Crippen LogP contribution in [-0.4, -0.2) is 87.6 Å². The summed E-state index contributed by atoms with van der Waals surface area (Å²) in [4.78, 5) is 11.6. The summed E-state index contributed by atoms with van der Waals surface area (Å²) in [7, 11) is 1.29. The van der Waals surface area contributed by atoms with Crippen LogP contribution in [-0.2, 0) is 27.1 Å². The molecule has 1 aromatic carbocycles. The number of carbonyl (C=O) groups is 1. The van der Waals surface area contributed by atoms with Crippen molar-refractivity contribution in [3.8, 4) is 11.5 Å². The first kappa shape index (κ1) is 23.7. The van der Waals surface area contributed by atoms with Gasteiger partial charge in [0, 0.05) is 18.4 Å². The van der Waals surface area contributed by atoms with Crippen LogP contribution < -0.4 is 9.47 Å². The maximum atomic E-state index is 11.6. The number of esters is 1. The van der Waals surface area contributed by atoms with E-state index >= 15 is 0 Å². The van der Waals surface area contributed by atoms with Gasteiger partial charge in [0.15, 0.2) is 0 Å². The number of aliphatic hydroxyl groups is 5. The van der Waals surface area contributed by atoms with Gasteiger partial charge in [0.05, 0.1) is 19.3 Å². The van der Waals surface area contributed by atoms with Gasteiger partial charge < -0.3 is 44.5 Å². The average Bonchev–Trinajstić information content (AvgIpc) is 3.18. The molecule has 2 aliphatic heterocycles. The number of methoxy groups -OCH3 is 1. The van der Waals surface area contributed by atoms with Gasteiger partial charge in [-0.25, -0.2) is 0 Å². The Bertz CT molecular complexity index is 787. The highest BCUT2D eigenvalue weighted by atomic mass is 16.7. The van der Waals surface area contributed by atoms with Gasteiger partial charge in [0.2, 0.25) is 6.29 Å². The smallest absolute Gasteiger partial charge is 0.305 e. The molecule has 10 nitrogen and oxygen atoms in total. The number of carbonyl (C=O) groups excluding carboxylic acids is 1. The third kappa shape index (κ3) is 4.94. The minimum atomic E-state index is -1.59. The first-order valence-corrected chi connectivity index (χ1v) is 10.1. The number of hydrogen-bond acceptors (Lipinski definition) is 10. The molecule has 0 spiro atoms. The van der Waals surface area contributed by atoms with Crippen molar-refractivity contribution in [2.24, 2.45) is 0 Å². The predicted octanol–water partition coefficient (Wildman–Crippen LogP) is -0.955. The van der Waals surface area contributed by atoms with E-state index in [1.807, 2.05) is 0 Å². The third-order valence-corrected chi connectivity index (χ3v) is 5.65. The van der Waals surface area contributed by atoms with E-state index in [0.717, 1.165) is 0 Å². The van der Waals surface area contributed by atoms with Crippen LogP contribution in [0, 0.1) is 0 Å². The second-order valence-corrected chi connectivity index (χ2v) is 8.39. The van der Waals surface area contributed by atoms with Crippen LogP contribution in [0.3, 0.4) is 0 Å². The summed E-state index contributed by atoms with van der Waals surface area (Å²) < 4.78 is 22.0. The van der Waals surface area contributed by atoms with Gasteiger partial charge in [-0.1, -0.05) is 6.07 Å². The molecule has 2 heterocycles. The summed E-state index contributed by atoms with van der Waals surface area (Å²) in [5.41, 5.74) is 0.0959. The molecule has 2 aliphatic rings. The van der Waals surface area contributed by atoms with Gasteiger partial charge >= 0.3 is 5.97 Å². The topological polar surface area (TPSA) is 155 Å². The van der Waals surface area contributed by atoms with E-state index < -0.39 is 55.0 Å². The Morgan fingerprint density at radius 3 is 2.52 bits per heavy atom. The normalized spacial score (nSPS) is 30.5. The van der Waals surface area contributed by atoms with E-state index in [4.69, 9.17) is 18.9 Å². The maximum Gasteiger partial charge on any atom is 0.305 e. The number of rotatable bonds is 7. The fourth-order valence-corrected chi connectivity index (χ4v) is 3.70. The Balaban J connectivity index is 1.93. The van der Waals surface area contributed by atoms with Crippen molar-refractivity contribution in [1.29, 1.82) is 0 Å². The SMILES string of the molecule is COC(=O)CCc1ccc2c(c1OC1OC(CO)C(O)C(O)C1O)CC(C(C)(C)O)O2. The summed E-state index contributed by atoms with van der Waals surface area (Å²) in [5.74, 6) is 0.357. The van der Waals surface area contributed by atoms with Crippen molar-refractivity contribution in [3.63, 3.8) is 0 Å². The molecule has 3 rings (SSSR count). The molecule has 0 aromatic heterocycles. The first-order chi connectivity index (χ1) is 14.6. The Morgan fingerprint density at radius 2 is 1.90 bits per heavy atom. The fraction of sp³-hybridized carbons (Fsp3) is 0.667. The highest BCUT2D eigenvalue weighted by Crippen LogP contribution is 2.42. The van der Waals surface area contributed by atoms with Crippen LogP contribution in [0.1, 0.15) is 31.4 Å². The summed E-state index contributed by atoms with van der Waals surface area (Å²) in [6.07, 6.45) is -7.10. The van der Waals surface area contributed by atoms with Crippen molar-refractivity contribution < 1.29 is 49.3 Å². The quantitative estimate of drug-likeness (QED) is 0.334. The zero-order chi connectivity index (χ0) is 22.9. The van der Waals surface area contributed by atoms with Gasteiger partial charge in [-0.3, -0.25) is 4.79 Å². The molecule has 0 amide bonds. The maximum absolute atomic E-state index is 11.6. The summed E-state index contributed by atoms with van der Waals surface area (Å²) >= 11 is 0. The number of fused-ring (bicyclic) bond motifs is 1. The molecule has 0 radical (unpaired) electrons. The van der Waals surface area contributed by atoms with Crippen molar-refractivity contribution in [1.82, 2.24) is 0 Å². The van der Waals surface area contributed by atoms with Crippen LogP contribution in [0.15, 0.2) is 12.1 Å². The van der Waals surface area contributed by atoms with E-state index in [9.17, 15) is 30.3 Å². The van der Waals surface area contributed by atoms with Gasteiger partial charge in [-0.15, -0.1) is 0 Å². The number of benzene rings is 1. The van der Waals surface area contributed by atoms with Crippen molar-refractivity contribution in [3.05, 3.63) is 23.3 Å². The average molecular weight is 442 g/mol. The zero-order valence-electron chi connectivity index (χ0n) is 17.7. The summed E-state index contributed by atoms with van der Waals surface area (Å²) in [6, 6.07) is 3.42. The predicted molar refractivity (Wildman–Crippen MR) is 106 cm³/mol. The Labute approximate surface area is 179 Å². The van der Waals surface area contributed by atoms with Crippen LogP contribution in [0.5, 0.6) is 11.5 Å². The van der Waals surface area contributed by atoms with Crippen LogP contribution >= 0.6 is 0 Å². The molecule has 10 heteroatoms. The lowest BCUT2D eigenvalue weighted by atomic mass is 9.95. The van der Waals surface area contributed by atoms with Gasteiger partial charge in [0.25, 0.3) is 0 Å². The van der Waals surface area contributed by atoms with Crippen molar-refractivity contribution in [2.75, 3.05) is 13.7 Å². The van der Waals surface area contributed by atoms with Crippen molar-refractivity contribution >= 4 is 5.97 Å². The third-order valence-electron chi connectivity index (χ3n) is 5.65. The van der Waals surface area contributed by atoms with Gasteiger partial charge in [-0.2, -0.15) is 0 Å². The molecule has 0 aliphatic carbocycles. The lowest BCUT2D eigenvalue weighted by Crippen LogP contribution is -2.60. The zero-order valence-corrected chi connectivity index (χ0v) is 17.7. The largest absolute Gasteiger partial charge is 0.487 e. The molecular formula is C21H30O10. The molecular weight excluding hydrogens is 412 g/mol. The Kier molecular flexibility index (Phi) is 7.09. The Hall–Kier alpha value is -1.95. The molecule has 6 unspecified atom stereocenters. The number of ether oxygens (including phenoxy) is 4. The van der Waals surface area contributed by atoms with E-state index in [-0.39, 0.29) is 18.6 Å². The lowest BCUT2D eigenvalue weighted by molar-refractivity contribution is -0.277. The summed E-state index contributed by atoms with van der Waals surface area (Å²) in [5, 5.41) is 50.2. The molecule has 1 fully saturated rings. The molecule has 6 atom stereocenters. The molecule has 0 bridgehead atoms. The fourth-order valence-electron chi connectivity index (χ4n) is 3.70. The highest BCUT2D eigenvalue weighted by Gasteiger charge is 2.46. The number of aliphatic hydroxyl groups excluding tert-OH is 4. The van der Waals surface area contributed by atoms with Gasteiger partial charge in [-0.05, 0) is 31.9 Å². The Morgan fingerprint density at radius 1 is 1.19 bits per heavy atom. The monoisotopic (exact) mass is 442 g/mol.